The lowest BCUT2D eigenvalue weighted by molar-refractivity contribution is 0.119. The van der Waals surface area contributed by atoms with E-state index in [9.17, 15) is 12.8 Å². The highest BCUT2D eigenvalue weighted by Gasteiger charge is 2.31. The highest BCUT2D eigenvalue weighted by Crippen LogP contribution is 2.26. The first kappa shape index (κ1) is 19.5. The SMILES string of the molecule is CCOc1ccc(S(=O)(=O)N2CCC[C@H](Oc3ncc(F)cn3)C2)cc1C. The van der Waals surface area contributed by atoms with Gasteiger partial charge in [0.1, 0.15) is 11.9 Å². The summed E-state index contributed by atoms with van der Waals surface area (Å²) >= 11 is 0. The topological polar surface area (TPSA) is 81.6 Å². The minimum atomic E-state index is -3.65. The third-order valence-electron chi connectivity index (χ3n) is 4.29. The highest BCUT2D eigenvalue weighted by molar-refractivity contribution is 7.89. The van der Waals surface area contributed by atoms with Crippen LogP contribution in [0.5, 0.6) is 11.8 Å². The zero-order valence-corrected chi connectivity index (χ0v) is 16.1. The first-order valence-corrected chi connectivity index (χ1v) is 10.2. The van der Waals surface area contributed by atoms with Gasteiger partial charge in [-0.25, -0.2) is 22.8 Å². The van der Waals surface area contributed by atoms with Gasteiger partial charge in [0.2, 0.25) is 10.0 Å². The van der Waals surface area contributed by atoms with Crippen LogP contribution in [0.25, 0.3) is 0 Å². The molecule has 2 aromatic rings. The van der Waals surface area contributed by atoms with E-state index in [1.807, 2.05) is 13.8 Å². The van der Waals surface area contributed by atoms with E-state index in [1.165, 1.54) is 4.31 Å². The average molecular weight is 395 g/mol. The molecule has 7 nitrogen and oxygen atoms in total. The summed E-state index contributed by atoms with van der Waals surface area (Å²) in [6.07, 6.45) is 2.98. The van der Waals surface area contributed by atoms with Crippen LogP contribution in [0.2, 0.25) is 0 Å². The predicted octanol–water partition coefficient (Wildman–Crippen LogP) is 2.55. The number of ether oxygens (including phenoxy) is 2. The Morgan fingerprint density at radius 1 is 1.30 bits per heavy atom. The Labute approximate surface area is 158 Å². The molecule has 2 heterocycles. The molecule has 3 rings (SSSR count). The Hall–Kier alpha value is -2.26. The minimum absolute atomic E-state index is 0.0394. The number of hydrogen-bond acceptors (Lipinski definition) is 6. The maximum atomic E-state index is 13.0. The second kappa shape index (κ2) is 8.18. The summed E-state index contributed by atoms with van der Waals surface area (Å²) < 4.78 is 51.4. The standard InChI is InChI=1S/C18H22FN3O4S/c1-3-25-17-7-6-16(9-13(17)2)27(23,24)22-8-4-5-15(12-22)26-18-20-10-14(19)11-21-18/h6-7,9-11,15H,3-5,8,12H2,1-2H3/t15-/m0/s1. The molecule has 0 amide bonds. The monoisotopic (exact) mass is 395 g/mol. The van der Waals surface area contributed by atoms with Gasteiger partial charge in [-0.05, 0) is 50.5 Å². The van der Waals surface area contributed by atoms with Gasteiger partial charge < -0.3 is 9.47 Å². The number of sulfonamides is 1. The molecule has 0 unspecified atom stereocenters. The summed E-state index contributed by atoms with van der Waals surface area (Å²) in [6.45, 7) is 4.82. The second-order valence-electron chi connectivity index (χ2n) is 6.29. The van der Waals surface area contributed by atoms with Gasteiger partial charge in [0.05, 0.1) is 30.4 Å². The van der Waals surface area contributed by atoms with E-state index < -0.39 is 15.8 Å². The molecule has 0 N–H and O–H groups in total. The van der Waals surface area contributed by atoms with Crippen LogP contribution in [0.15, 0.2) is 35.5 Å². The summed E-state index contributed by atoms with van der Waals surface area (Å²) in [7, 11) is -3.65. The summed E-state index contributed by atoms with van der Waals surface area (Å²) in [4.78, 5) is 7.76. The van der Waals surface area contributed by atoms with Gasteiger partial charge in [-0.15, -0.1) is 0 Å². The Bertz CT molecular complexity index is 890. The van der Waals surface area contributed by atoms with E-state index in [0.29, 0.717) is 31.7 Å². The van der Waals surface area contributed by atoms with Crippen LogP contribution in [0.1, 0.15) is 25.3 Å². The fraction of sp³-hybridized carbons (Fsp3) is 0.444. The van der Waals surface area contributed by atoms with Gasteiger partial charge in [0.25, 0.3) is 0 Å². The first-order valence-electron chi connectivity index (χ1n) is 8.78. The van der Waals surface area contributed by atoms with E-state index in [4.69, 9.17) is 9.47 Å². The summed E-state index contributed by atoms with van der Waals surface area (Å²) in [6, 6.07) is 4.89. The van der Waals surface area contributed by atoms with Gasteiger partial charge in [0.15, 0.2) is 5.82 Å². The number of nitrogens with zero attached hydrogens (tertiary/aromatic N) is 3. The lowest BCUT2D eigenvalue weighted by atomic mass is 10.1. The number of benzene rings is 1. The van der Waals surface area contributed by atoms with E-state index >= 15 is 0 Å². The predicted molar refractivity (Wildman–Crippen MR) is 96.7 cm³/mol. The molecule has 0 radical (unpaired) electrons. The molecule has 1 saturated heterocycles. The van der Waals surface area contributed by atoms with Gasteiger partial charge in [-0.1, -0.05) is 0 Å². The first-order chi connectivity index (χ1) is 12.9. The van der Waals surface area contributed by atoms with E-state index in [2.05, 4.69) is 9.97 Å². The van der Waals surface area contributed by atoms with Crippen molar-refractivity contribution in [2.75, 3.05) is 19.7 Å². The van der Waals surface area contributed by atoms with Gasteiger partial charge >= 0.3 is 6.01 Å². The normalized spacial score (nSPS) is 18.3. The number of hydrogen-bond donors (Lipinski definition) is 0. The van der Waals surface area contributed by atoms with Crippen LogP contribution in [0.4, 0.5) is 4.39 Å². The number of halogens is 1. The molecule has 1 atom stereocenters. The lowest BCUT2D eigenvalue weighted by Gasteiger charge is -2.31. The Kier molecular flexibility index (Phi) is 5.91. The van der Waals surface area contributed by atoms with Crippen molar-refractivity contribution in [3.05, 3.63) is 42.0 Å². The number of aryl methyl sites for hydroxylation is 1. The molecule has 27 heavy (non-hydrogen) atoms. The largest absolute Gasteiger partial charge is 0.494 e. The molecule has 1 fully saturated rings. The third kappa shape index (κ3) is 4.54. The number of piperidine rings is 1. The van der Waals surface area contributed by atoms with E-state index in [1.54, 1.807) is 18.2 Å². The molecule has 1 aliphatic heterocycles. The zero-order chi connectivity index (χ0) is 19.4. The van der Waals surface area contributed by atoms with Crippen molar-refractivity contribution in [3.8, 4) is 11.8 Å². The quantitative estimate of drug-likeness (QED) is 0.748. The molecular weight excluding hydrogens is 373 g/mol. The summed E-state index contributed by atoms with van der Waals surface area (Å²) in [5.74, 6) is 0.117. The maximum absolute atomic E-state index is 13.0. The van der Waals surface area contributed by atoms with E-state index in [0.717, 1.165) is 18.0 Å². The smallest absolute Gasteiger partial charge is 0.316 e. The van der Waals surface area contributed by atoms with E-state index in [-0.39, 0.29) is 23.6 Å². The average Bonchev–Trinajstić information content (AvgIpc) is 2.65. The Morgan fingerprint density at radius 3 is 2.70 bits per heavy atom. The third-order valence-corrected chi connectivity index (χ3v) is 6.15. The fourth-order valence-corrected chi connectivity index (χ4v) is 4.57. The number of aromatic nitrogens is 2. The molecule has 146 valence electrons. The second-order valence-corrected chi connectivity index (χ2v) is 8.23. The van der Waals surface area contributed by atoms with Crippen LogP contribution in [-0.2, 0) is 10.0 Å². The molecule has 0 saturated carbocycles. The van der Waals surface area contributed by atoms with Crippen LogP contribution in [0, 0.1) is 12.7 Å². The Balaban J connectivity index is 1.74. The fourth-order valence-electron chi connectivity index (χ4n) is 2.98. The molecule has 0 spiro atoms. The van der Waals surface area contributed by atoms with Crippen LogP contribution in [-0.4, -0.2) is 48.5 Å². The number of rotatable bonds is 6. The van der Waals surface area contributed by atoms with Gasteiger partial charge in [-0.3, -0.25) is 0 Å². The summed E-state index contributed by atoms with van der Waals surface area (Å²) in [5, 5.41) is 0. The molecule has 1 aromatic heterocycles. The molecule has 9 heteroatoms. The molecule has 0 aliphatic carbocycles. The van der Waals surface area contributed by atoms with Crippen LogP contribution < -0.4 is 9.47 Å². The van der Waals surface area contributed by atoms with Crippen molar-refractivity contribution in [2.45, 2.75) is 37.7 Å². The van der Waals surface area contributed by atoms with Gasteiger partial charge in [0, 0.05) is 6.54 Å². The highest BCUT2D eigenvalue weighted by atomic mass is 32.2. The maximum Gasteiger partial charge on any atom is 0.316 e. The lowest BCUT2D eigenvalue weighted by Crippen LogP contribution is -2.44. The van der Waals surface area contributed by atoms with Crippen molar-refractivity contribution < 1.29 is 22.3 Å². The molecule has 0 bridgehead atoms. The zero-order valence-electron chi connectivity index (χ0n) is 15.3. The molecule has 1 aliphatic rings. The van der Waals surface area contributed by atoms with Crippen molar-refractivity contribution in [1.82, 2.24) is 14.3 Å². The van der Waals surface area contributed by atoms with Crippen LogP contribution >= 0.6 is 0 Å². The van der Waals surface area contributed by atoms with Crippen molar-refractivity contribution >= 4 is 10.0 Å². The van der Waals surface area contributed by atoms with Crippen molar-refractivity contribution in [2.24, 2.45) is 0 Å². The molecular formula is C18H22FN3O4S. The molecule has 1 aromatic carbocycles. The van der Waals surface area contributed by atoms with Gasteiger partial charge in [-0.2, -0.15) is 4.31 Å². The minimum Gasteiger partial charge on any atom is -0.494 e. The Morgan fingerprint density at radius 2 is 2.04 bits per heavy atom. The summed E-state index contributed by atoms with van der Waals surface area (Å²) in [5.41, 5.74) is 0.766. The van der Waals surface area contributed by atoms with Crippen molar-refractivity contribution in [3.63, 3.8) is 0 Å². The van der Waals surface area contributed by atoms with Crippen molar-refractivity contribution in [1.29, 1.82) is 0 Å². The van der Waals surface area contributed by atoms with Crippen LogP contribution in [0.3, 0.4) is 0 Å².